The first-order valence-corrected chi connectivity index (χ1v) is 24.4. The molecule has 2 amide bonds. The van der Waals surface area contributed by atoms with Crippen LogP contribution in [-0.4, -0.2) is 84.9 Å². The third-order valence-electron chi connectivity index (χ3n) is 13.2. The maximum absolute atomic E-state index is 13.9. The fraction of sp³-hybridized carbons (Fsp3) is 0.635. The molecule has 0 aromatic heterocycles. The van der Waals surface area contributed by atoms with Gasteiger partial charge in [0.2, 0.25) is 5.79 Å². The zero-order valence-corrected chi connectivity index (χ0v) is 39.0. The highest BCUT2D eigenvalue weighted by molar-refractivity contribution is 6.03. The maximum Gasteiger partial charge on any atom is 0.412 e. The summed E-state index contributed by atoms with van der Waals surface area (Å²) in [4.78, 5) is 35.0. The lowest BCUT2D eigenvalue weighted by Gasteiger charge is -2.59. The van der Waals surface area contributed by atoms with Crippen LogP contribution in [0.1, 0.15) is 146 Å². The molecule has 354 valence electrons. The van der Waals surface area contributed by atoms with Crippen molar-refractivity contribution in [2.24, 2.45) is 22.9 Å². The summed E-state index contributed by atoms with van der Waals surface area (Å²) in [6, 6.07) is 14.7. The van der Waals surface area contributed by atoms with E-state index in [2.05, 4.69) is 24.9 Å². The number of aliphatic hydroxyl groups excluding tert-OH is 2. The van der Waals surface area contributed by atoms with Gasteiger partial charge in [0.05, 0.1) is 25.3 Å². The molecule has 0 unspecified atom stereocenters. The molecular formula is C52H77N3O9. The van der Waals surface area contributed by atoms with Crippen molar-refractivity contribution in [3.05, 3.63) is 84.0 Å². The molecular weight excluding hydrogens is 811 g/mol. The zero-order chi connectivity index (χ0) is 45.6. The summed E-state index contributed by atoms with van der Waals surface area (Å²) >= 11 is 0. The van der Waals surface area contributed by atoms with E-state index in [1.807, 2.05) is 49.4 Å². The van der Waals surface area contributed by atoms with Crippen LogP contribution >= 0.6 is 0 Å². The van der Waals surface area contributed by atoms with Crippen LogP contribution in [0.3, 0.4) is 0 Å². The Hall–Kier alpha value is -4.39. The molecule has 1 heterocycles. The Bertz CT molecular complexity index is 1790. The van der Waals surface area contributed by atoms with Gasteiger partial charge in [-0.2, -0.15) is 0 Å². The van der Waals surface area contributed by atoms with Crippen LogP contribution in [0, 0.1) is 17.8 Å². The van der Waals surface area contributed by atoms with Crippen LogP contribution in [0.2, 0.25) is 0 Å². The van der Waals surface area contributed by atoms with E-state index in [1.165, 1.54) is 52.1 Å². The number of amides is 2. The number of unbranched alkanes of at least 4 members (excludes halogenated alkanes) is 11. The van der Waals surface area contributed by atoms with E-state index >= 15 is 0 Å². The Morgan fingerprint density at radius 2 is 1.61 bits per heavy atom. The Labute approximate surface area is 382 Å². The third-order valence-corrected chi connectivity index (χ3v) is 13.2. The minimum absolute atomic E-state index is 0.0248. The second-order valence-electron chi connectivity index (χ2n) is 17.7. The first-order valence-electron chi connectivity index (χ1n) is 24.4. The minimum atomic E-state index is -1.40. The molecule has 5 rings (SSSR count). The first kappa shape index (κ1) is 50.6. The number of aliphatic hydroxyl groups is 2. The van der Waals surface area contributed by atoms with Gasteiger partial charge < -0.3 is 39.3 Å². The summed E-state index contributed by atoms with van der Waals surface area (Å²) < 4.78 is 25.7. The molecule has 3 aliphatic rings. The van der Waals surface area contributed by atoms with Crippen molar-refractivity contribution in [3.63, 3.8) is 0 Å². The van der Waals surface area contributed by atoms with Crippen molar-refractivity contribution < 1.29 is 43.6 Å². The van der Waals surface area contributed by atoms with Crippen molar-refractivity contribution in [3.8, 4) is 11.5 Å². The van der Waals surface area contributed by atoms with Crippen molar-refractivity contribution in [2.75, 3.05) is 40.0 Å². The van der Waals surface area contributed by atoms with E-state index < -0.39 is 29.9 Å². The van der Waals surface area contributed by atoms with E-state index in [0.717, 1.165) is 61.6 Å². The lowest BCUT2D eigenvalue weighted by atomic mass is 9.55. The van der Waals surface area contributed by atoms with Crippen LogP contribution in [0.4, 0.5) is 9.59 Å². The molecule has 1 fully saturated rings. The molecule has 6 atom stereocenters. The topological polar surface area (TPSA) is 148 Å². The number of nitrogens with one attached hydrogen (secondary N) is 1. The Morgan fingerprint density at radius 3 is 2.28 bits per heavy atom. The summed E-state index contributed by atoms with van der Waals surface area (Å²) in [6.45, 7) is 9.78. The minimum Gasteiger partial charge on any atom is -0.459 e. The zero-order valence-electron chi connectivity index (χ0n) is 39.0. The maximum atomic E-state index is 13.9. The molecule has 12 heteroatoms. The van der Waals surface area contributed by atoms with Gasteiger partial charge in [0.15, 0.2) is 0 Å². The van der Waals surface area contributed by atoms with Gasteiger partial charge in [0.25, 0.3) is 0 Å². The van der Waals surface area contributed by atoms with Crippen LogP contribution in [0.5, 0.6) is 11.5 Å². The summed E-state index contributed by atoms with van der Waals surface area (Å²) in [5.74, 6) is -1.08. The number of methoxy groups -OCH3 is 1. The molecule has 12 nitrogen and oxygen atoms in total. The van der Waals surface area contributed by atoms with Crippen molar-refractivity contribution in [1.82, 2.24) is 10.2 Å². The predicted octanol–water partition coefficient (Wildman–Crippen LogP) is 11.0. The molecule has 2 aromatic rings. The summed E-state index contributed by atoms with van der Waals surface area (Å²) in [5, 5.41) is 27.7. The molecule has 3 N–H and O–H groups in total. The van der Waals surface area contributed by atoms with Crippen molar-refractivity contribution in [1.29, 1.82) is 0 Å². The van der Waals surface area contributed by atoms with Crippen molar-refractivity contribution >= 4 is 17.9 Å². The van der Waals surface area contributed by atoms with Gasteiger partial charge in [-0.05, 0) is 79.7 Å². The largest absolute Gasteiger partial charge is 0.459 e. The molecule has 0 spiro atoms. The lowest BCUT2D eigenvalue weighted by Crippen LogP contribution is -2.70. The number of nitrogens with zero attached hydrogens (tertiary/aromatic N) is 2. The highest BCUT2D eigenvalue weighted by Crippen LogP contribution is 2.62. The molecule has 0 bridgehead atoms. The number of ether oxygens (including phenoxy) is 4. The normalized spacial score (nSPS) is 22.7. The Kier molecular flexibility index (Phi) is 21.5. The molecule has 1 aliphatic heterocycles. The van der Waals surface area contributed by atoms with E-state index in [4.69, 9.17) is 28.9 Å². The number of allylic oxidation sites excluding steroid dienone is 1. The number of hydrogen-bond acceptors (Lipinski definition) is 10. The SMILES string of the molecule is C=CCO[C@@]12Oc3ccc(OC(=O)NCCCCCCCCCCCC)cc3[C@H]3[C@H](CCCCO)[C@@H](CCCCO)C=C(C(=NOCc4ccccc4)C[C@@H]1N(CCC)C(=O)OC)[C@H]32. The number of fused-ring (bicyclic) bond motifs is 2. The molecule has 2 aromatic carbocycles. The highest BCUT2D eigenvalue weighted by Gasteiger charge is 2.65. The number of benzene rings is 2. The van der Waals surface area contributed by atoms with Gasteiger partial charge in [-0.25, -0.2) is 9.59 Å². The molecule has 1 saturated carbocycles. The fourth-order valence-corrected chi connectivity index (χ4v) is 10.1. The van der Waals surface area contributed by atoms with E-state index in [1.54, 1.807) is 17.0 Å². The fourth-order valence-electron chi connectivity index (χ4n) is 10.1. The van der Waals surface area contributed by atoms with Gasteiger partial charge in [-0.15, -0.1) is 6.58 Å². The Balaban J connectivity index is 1.53. The summed E-state index contributed by atoms with van der Waals surface area (Å²) in [5.41, 5.74) is 3.48. The average Bonchev–Trinajstić information content (AvgIpc) is 3.31. The molecule has 2 aliphatic carbocycles. The number of rotatable bonds is 29. The van der Waals surface area contributed by atoms with Gasteiger partial charge in [0.1, 0.15) is 24.1 Å². The summed E-state index contributed by atoms with van der Waals surface area (Å²) in [7, 11) is 1.39. The number of oxime groups is 1. The second kappa shape index (κ2) is 27.2. The van der Waals surface area contributed by atoms with Crippen LogP contribution in [0.15, 0.2) is 78.0 Å². The van der Waals surface area contributed by atoms with E-state index in [-0.39, 0.29) is 50.6 Å². The van der Waals surface area contributed by atoms with Gasteiger partial charge in [-0.3, -0.25) is 4.90 Å². The quantitative estimate of drug-likeness (QED) is 0.0412. The highest BCUT2D eigenvalue weighted by atomic mass is 16.7. The monoisotopic (exact) mass is 888 g/mol. The number of carbonyl (C=O) groups excluding carboxylic acids is 2. The Morgan fingerprint density at radius 1 is 0.906 bits per heavy atom. The predicted molar refractivity (Wildman–Crippen MR) is 251 cm³/mol. The first-order chi connectivity index (χ1) is 31.3. The smallest absolute Gasteiger partial charge is 0.412 e. The number of carbonyl (C=O) groups is 2. The van der Waals surface area contributed by atoms with Crippen LogP contribution in [-0.2, 0) is 20.9 Å². The van der Waals surface area contributed by atoms with E-state index in [9.17, 15) is 19.8 Å². The molecule has 0 radical (unpaired) electrons. The van der Waals surface area contributed by atoms with Crippen LogP contribution in [0.25, 0.3) is 0 Å². The lowest BCUT2D eigenvalue weighted by molar-refractivity contribution is -0.255. The van der Waals surface area contributed by atoms with Crippen molar-refractivity contribution in [2.45, 2.75) is 154 Å². The average molecular weight is 888 g/mol. The van der Waals surface area contributed by atoms with Gasteiger partial charge in [0, 0.05) is 44.2 Å². The number of hydrogen-bond donors (Lipinski definition) is 3. The third kappa shape index (κ3) is 13.6. The second-order valence-corrected chi connectivity index (χ2v) is 17.7. The molecule has 0 saturated heterocycles. The van der Waals surface area contributed by atoms with E-state index in [0.29, 0.717) is 49.6 Å². The molecule has 64 heavy (non-hydrogen) atoms. The summed E-state index contributed by atoms with van der Waals surface area (Å²) in [6.07, 6.45) is 20.6. The standard InChI is InChI=1S/C52H77N3O9/c1-5-8-9-10-11-12-13-14-15-21-30-53-50(58)63-41-28-29-46-44(36-41)48-42(27-20-23-33-57)40(26-19-22-32-56)35-43-45(54-62-38-39-24-17-16-18-25-39)37-47(55(31-6-2)51(59)60-4)52(64-46,49(43)48)61-34-7-3/h7,16-18,24-25,28-29,35-36,40,42,47-49,56-57H,3,5-6,8-15,19-23,26-27,30-34,37-38H2,1-2,4H3,(H,53,58)/t40-,42+,47-,48+,49+,52+/m0/s1. The van der Waals surface area contributed by atoms with Gasteiger partial charge in [-0.1, -0.05) is 132 Å². The van der Waals surface area contributed by atoms with Gasteiger partial charge >= 0.3 is 12.2 Å². The van der Waals surface area contributed by atoms with Crippen LogP contribution < -0.4 is 14.8 Å².